The quantitative estimate of drug-likeness (QED) is 0.0794. The number of phosphoric ester groups is 2. The van der Waals surface area contributed by atoms with Gasteiger partial charge in [-0.05, 0) is 0 Å². The Morgan fingerprint density at radius 3 is 2.27 bits per heavy atom. The first kappa shape index (κ1) is 41.3. The van der Waals surface area contributed by atoms with Crippen molar-refractivity contribution in [1.29, 1.82) is 0 Å². The number of hydrogen-bond acceptors (Lipinski definition) is 22. The number of anilines is 2. The highest BCUT2D eigenvalue weighted by Crippen LogP contribution is 2.63. The largest absolute Gasteiger partial charge is 0.756 e. The fourth-order valence-corrected chi connectivity index (χ4v) is 9.38. The maximum absolute atomic E-state index is 15.3. The number of ether oxygens (including phenoxy) is 4. The Labute approximate surface area is 308 Å². The number of alkyl halides is 1. The van der Waals surface area contributed by atoms with Crippen LogP contribution in [-0.2, 0) is 57.4 Å². The molecule has 2 aliphatic rings. The summed E-state index contributed by atoms with van der Waals surface area (Å²) in [6, 6.07) is 0. The molecule has 4 aromatic rings. The van der Waals surface area contributed by atoms with Crippen LogP contribution in [0.25, 0.3) is 22.3 Å². The molecule has 2 fully saturated rings. The summed E-state index contributed by atoms with van der Waals surface area (Å²) in [6.45, 7) is -2.14. The molecule has 2 aliphatic heterocycles. The molecule has 4 aromatic heterocycles. The van der Waals surface area contributed by atoms with Crippen LogP contribution in [0.5, 0.6) is 0 Å². The number of nitrogens with zero attached hydrogens (tertiary/aromatic N) is 8. The van der Waals surface area contributed by atoms with Gasteiger partial charge < -0.3 is 58.4 Å². The van der Waals surface area contributed by atoms with Crippen molar-refractivity contribution in [2.45, 2.75) is 49.1 Å². The van der Waals surface area contributed by atoms with Gasteiger partial charge in [0.2, 0.25) is 11.7 Å². The third kappa shape index (κ3) is 8.37. The van der Waals surface area contributed by atoms with Crippen molar-refractivity contribution in [3.05, 3.63) is 29.3 Å². The van der Waals surface area contributed by atoms with Crippen molar-refractivity contribution in [2.24, 2.45) is 7.05 Å². The lowest BCUT2D eigenvalue weighted by Gasteiger charge is -2.35. The Morgan fingerprint density at radius 1 is 1.02 bits per heavy atom. The molecule has 55 heavy (non-hydrogen) atoms. The van der Waals surface area contributed by atoms with Crippen LogP contribution in [0, 0.1) is 0 Å². The predicted molar refractivity (Wildman–Crippen MR) is 173 cm³/mol. The number of aromatic amines is 1. The number of nitrogen functional groups attached to an aromatic ring is 1. The van der Waals surface area contributed by atoms with Crippen molar-refractivity contribution in [3.8, 4) is 0 Å². The van der Waals surface area contributed by atoms with Crippen LogP contribution in [-0.4, -0.2) is 117 Å². The summed E-state index contributed by atoms with van der Waals surface area (Å²) in [5.74, 6) is 0.175. The molecule has 0 aromatic carbocycles. The molecule has 0 radical (unpaired) electrons. The number of phosphoric acid groups is 3. The minimum absolute atomic E-state index is 0.0150. The second-order valence-corrected chi connectivity index (χ2v) is 16.7. The van der Waals surface area contributed by atoms with Gasteiger partial charge in [0.1, 0.15) is 42.4 Å². The number of nitrogens with one attached hydrogen (secondary N) is 1. The fraction of sp³-hybridized carbons (Fsp3) is 0.600. The van der Waals surface area contributed by atoms with E-state index in [1.807, 2.05) is 0 Å². The van der Waals surface area contributed by atoms with Gasteiger partial charge in [-0.3, -0.25) is 32.6 Å². The number of aliphatic hydroxyl groups excluding tert-OH is 1. The van der Waals surface area contributed by atoms with Crippen LogP contribution in [0.15, 0.2) is 23.8 Å². The fourth-order valence-electron chi connectivity index (χ4n) is 6.00. The molecule has 6 heterocycles. The van der Waals surface area contributed by atoms with Crippen molar-refractivity contribution in [3.63, 3.8) is 0 Å². The van der Waals surface area contributed by atoms with Gasteiger partial charge in [0.15, 0.2) is 30.2 Å². The zero-order valence-corrected chi connectivity index (χ0v) is 31.9. The molecular weight excluding hydrogens is 808 g/mol. The standard InChI is InChI=1S/C25H36FN10O16P3/c1-33(2)25-31-21-15(22(38)32-25)34(3)10-36(21)23-13(26)16(37)11(49-23)6-47-53(39,40)51-55(43,44)52-54(41,42)48-7-12-17(45-4)18(46-5)24(50-12)35-9-30-14-19(27)28-8-29-20(14)35/h8-13,16-18,23-24,37H,6-7H2,1-5H3,(H5-,27,28,29,31,32,38,39,40,41,42,43,44)/p-2/t11-,12-,13?,16+,17?,18+,23-,24-/m1/s1. The Morgan fingerprint density at radius 2 is 1.65 bits per heavy atom. The molecule has 30 heteroatoms. The van der Waals surface area contributed by atoms with Crippen LogP contribution in [0.3, 0.4) is 0 Å². The van der Waals surface area contributed by atoms with Gasteiger partial charge >= 0.3 is 5.65 Å². The van der Waals surface area contributed by atoms with Crippen molar-refractivity contribution in [1.82, 2.24) is 34.1 Å². The number of nitrogens with two attached hydrogens (primary N) is 1. The molecular formula is C25H34FN10O16P3-2. The van der Waals surface area contributed by atoms with Gasteiger partial charge in [-0.1, -0.05) is 4.98 Å². The van der Waals surface area contributed by atoms with Crippen molar-refractivity contribution < 1.29 is 79.1 Å². The number of rotatable bonds is 15. The number of halogens is 1. The number of imidazole rings is 2. The average molecular weight is 843 g/mol. The van der Waals surface area contributed by atoms with E-state index in [4.69, 9.17) is 24.7 Å². The first-order valence-electron chi connectivity index (χ1n) is 15.7. The SMILES string of the molecule is COC1[C@@H](COP(=O)([O-])OP(=O)([O-])OP(=O)([O-])OC[C@H]2O[C@@H]([n+]3cn(C)c4c(=O)[nH]c(N(C)C)nc43)C(F)[C@H]2O)O[C@@H](n2cnc3c(N)ncnc32)[C@H]1OC. The van der Waals surface area contributed by atoms with Gasteiger partial charge in [-0.15, -0.1) is 0 Å². The number of methoxy groups -OCH3 is 2. The molecule has 304 valence electrons. The lowest BCUT2D eigenvalue weighted by molar-refractivity contribution is -0.744. The normalized spacial score (nSPS) is 29.1. The molecule has 0 bridgehead atoms. The van der Waals surface area contributed by atoms with Gasteiger partial charge in [0.05, 0.1) is 26.6 Å². The average Bonchev–Trinajstić information content (AvgIpc) is 3.84. The maximum Gasteiger partial charge on any atom is 0.313 e. The van der Waals surface area contributed by atoms with E-state index in [0.29, 0.717) is 0 Å². The molecule has 0 amide bonds. The van der Waals surface area contributed by atoms with Crippen molar-refractivity contribution in [2.75, 3.05) is 52.2 Å². The molecule has 11 atom stereocenters. The van der Waals surface area contributed by atoms with E-state index < -0.39 is 91.4 Å². The van der Waals surface area contributed by atoms with Crippen LogP contribution in [0.2, 0.25) is 0 Å². The highest BCUT2D eigenvalue weighted by atomic mass is 31.3. The van der Waals surface area contributed by atoms with E-state index in [-0.39, 0.29) is 34.1 Å². The number of aryl methyl sites for hydroxylation is 1. The van der Waals surface area contributed by atoms with Crippen LogP contribution in [0.4, 0.5) is 16.2 Å². The van der Waals surface area contributed by atoms with E-state index in [1.54, 1.807) is 14.1 Å². The lowest BCUT2D eigenvalue weighted by Crippen LogP contribution is -2.44. The minimum Gasteiger partial charge on any atom is -0.756 e. The van der Waals surface area contributed by atoms with Crippen LogP contribution >= 0.6 is 23.5 Å². The molecule has 4 N–H and O–H groups in total. The summed E-state index contributed by atoms with van der Waals surface area (Å²) in [4.78, 5) is 70.5. The second-order valence-electron chi connectivity index (χ2n) is 12.2. The minimum atomic E-state index is -6.33. The highest BCUT2D eigenvalue weighted by molar-refractivity contribution is 7.65. The summed E-state index contributed by atoms with van der Waals surface area (Å²) >= 11 is 0. The van der Waals surface area contributed by atoms with E-state index in [9.17, 15) is 38.3 Å². The number of H-pyrrole nitrogens is 1. The highest BCUT2D eigenvalue weighted by Gasteiger charge is 2.50. The van der Waals surface area contributed by atoms with Gasteiger partial charge in [0, 0.05) is 28.3 Å². The smallest absolute Gasteiger partial charge is 0.313 e. The summed E-state index contributed by atoms with van der Waals surface area (Å²) in [6.07, 6.45) is -8.20. The maximum atomic E-state index is 15.3. The molecule has 26 nitrogen and oxygen atoms in total. The van der Waals surface area contributed by atoms with E-state index in [0.717, 1.165) is 4.57 Å². The summed E-state index contributed by atoms with van der Waals surface area (Å²) < 4.78 is 95.8. The zero-order valence-electron chi connectivity index (χ0n) is 29.2. The molecule has 0 spiro atoms. The summed E-state index contributed by atoms with van der Waals surface area (Å²) in [5, 5.41) is 10.5. The summed E-state index contributed by atoms with van der Waals surface area (Å²) in [5.41, 5.74) is 5.70. The molecule has 0 saturated carbocycles. The predicted octanol–water partition coefficient (Wildman–Crippen LogP) is -2.97. The van der Waals surface area contributed by atoms with Gasteiger partial charge in [0.25, 0.3) is 35.0 Å². The monoisotopic (exact) mass is 842 g/mol. The lowest BCUT2D eigenvalue weighted by atomic mass is 10.1. The molecule has 5 unspecified atom stereocenters. The molecule has 2 saturated heterocycles. The first-order valence-corrected chi connectivity index (χ1v) is 20.1. The number of fused-ring (bicyclic) bond motifs is 2. The molecule has 6 rings (SSSR count). The van der Waals surface area contributed by atoms with Crippen LogP contribution in [0.1, 0.15) is 12.5 Å². The Balaban J connectivity index is 1.07. The number of aromatic nitrogens is 8. The Bertz CT molecular complexity index is 2260. The third-order valence-corrected chi connectivity index (χ3v) is 12.6. The molecule has 0 aliphatic carbocycles. The van der Waals surface area contributed by atoms with Gasteiger partial charge in [-0.25, -0.2) is 32.5 Å². The Kier molecular flexibility index (Phi) is 11.7. The Hall–Kier alpha value is -3.36. The van der Waals surface area contributed by atoms with E-state index in [1.165, 1.54) is 54.3 Å². The second kappa shape index (κ2) is 15.5. The first-order chi connectivity index (χ1) is 25.8. The zero-order chi connectivity index (χ0) is 40.2. The number of aliphatic hydroxyl groups is 1. The van der Waals surface area contributed by atoms with Crippen LogP contribution < -0.4 is 35.4 Å². The number of hydrogen-bond donors (Lipinski definition) is 3. The van der Waals surface area contributed by atoms with Crippen molar-refractivity contribution >= 4 is 57.6 Å². The van der Waals surface area contributed by atoms with E-state index >= 15 is 4.39 Å². The van der Waals surface area contributed by atoms with E-state index in [2.05, 4.69) is 42.6 Å². The van der Waals surface area contributed by atoms with Gasteiger partial charge in [-0.2, -0.15) is 0 Å². The summed E-state index contributed by atoms with van der Waals surface area (Å²) in [7, 11) is -11.1. The topological polar surface area (TPSA) is 342 Å². The third-order valence-electron chi connectivity index (χ3n) is 8.44.